The van der Waals surface area contributed by atoms with Crippen molar-refractivity contribution in [1.29, 1.82) is 0 Å². The van der Waals surface area contributed by atoms with Crippen LogP contribution in [0.1, 0.15) is 33.1 Å². The number of amides is 1. The van der Waals surface area contributed by atoms with Crippen molar-refractivity contribution in [3.8, 4) is 0 Å². The molecule has 0 spiro atoms. The Morgan fingerprint density at radius 2 is 2.04 bits per heavy atom. The van der Waals surface area contributed by atoms with E-state index in [0.717, 1.165) is 38.0 Å². The van der Waals surface area contributed by atoms with E-state index in [0.29, 0.717) is 24.9 Å². The molecule has 0 aliphatic carbocycles. The van der Waals surface area contributed by atoms with Crippen molar-refractivity contribution in [2.24, 2.45) is 5.92 Å². The lowest BCUT2D eigenvalue weighted by atomic mass is 9.98. The van der Waals surface area contributed by atoms with Crippen LogP contribution in [0.2, 0.25) is 0 Å². The molecule has 3 rings (SSSR count). The van der Waals surface area contributed by atoms with Gasteiger partial charge in [-0.2, -0.15) is 0 Å². The van der Waals surface area contributed by atoms with Crippen molar-refractivity contribution in [2.45, 2.75) is 43.3 Å². The van der Waals surface area contributed by atoms with Gasteiger partial charge >= 0.3 is 5.97 Å². The van der Waals surface area contributed by atoms with Crippen molar-refractivity contribution < 1.29 is 14.3 Å². The second-order valence-electron chi connectivity index (χ2n) is 7.06. The molecule has 0 N–H and O–H groups in total. The Bertz CT molecular complexity index is 652. The molecule has 1 amide bonds. The molecule has 5 nitrogen and oxygen atoms in total. The number of hydrogen-bond acceptors (Lipinski definition) is 5. The van der Waals surface area contributed by atoms with Crippen LogP contribution in [0.4, 0.5) is 5.69 Å². The molecule has 2 atom stereocenters. The Hall–Kier alpha value is -1.53. The molecule has 1 aromatic carbocycles. The molecule has 2 aliphatic heterocycles. The Morgan fingerprint density at radius 3 is 2.85 bits per heavy atom. The number of ether oxygens (including phenoxy) is 1. The molecular weight excluding hydrogens is 348 g/mol. The van der Waals surface area contributed by atoms with Gasteiger partial charge in [0.2, 0.25) is 5.91 Å². The lowest BCUT2D eigenvalue weighted by Gasteiger charge is -2.32. The zero-order chi connectivity index (χ0) is 18.5. The third-order valence-electron chi connectivity index (χ3n) is 5.03. The summed E-state index contributed by atoms with van der Waals surface area (Å²) in [5, 5.41) is 0.497. The lowest BCUT2D eigenvalue weighted by Crippen LogP contribution is -2.46. The van der Waals surface area contributed by atoms with Crippen LogP contribution in [-0.2, 0) is 14.3 Å². The number of hydrogen-bond donors (Lipinski definition) is 0. The minimum Gasteiger partial charge on any atom is -0.466 e. The zero-order valence-corrected chi connectivity index (χ0v) is 16.5. The van der Waals surface area contributed by atoms with Crippen molar-refractivity contribution in [1.82, 2.24) is 4.90 Å². The van der Waals surface area contributed by atoms with E-state index in [4.69, 9.17) is 4.74 Å². The maximum atomic E-state index is 13.0. The summed E-state index contributed by atoms with van der Waals surface area (Å²) >= 11 is 1.84. The Morgan fingerprint density at radius 1 is 1.23 bits per heavy atom. The first kappa shape index (κ1) is 19.2. The predicted octanol–water partition coefficient (Wildman–Crippen LogP) is 3.18. The fourth-order valence-corrected chi connectivity index (χ4v) is 4.79. The summed E-state index contributed by atoms with van der Waals surface area (Å²) in [6.07, 6.45) is 2.76. The molecule has 0 aromatic heterocycles. The number of esters is 1. The fraction of sp³-hybridized carbons (Fsp3) is 0.600. The number of carbonyl (C=O) groups is 2. The molecule has 2 aliphatic rings. The van der Waals surface area contributed by atoms with Gasteiger partial charge in [0.15, 0.2) is 0 Å². The smallest absolute Gasteiger partial charge is 0.310 e. The van der Waals surface area contributed by atoms with E-state index in [9.17, 15) is 9.59 Å². The van der Waals surface area contributed by atoms with Gasteiger partial charge in [0, 0.05) is 23.2 Å². The SMILES string of the molecule is CCOC(=O)C1CCCN(CC(=O)N2CCC(C)Sc3ccccc32)C1. The maximum absolute atomic E-state index is 13.0. The first-order valence-electron chi connectivity index (χ1n) is 9.53. The van der Waals surface area contributed by atoms with Crippen LogP contribution in [0.15, 0.2) is 29.2 Å². The molecule has 2 heterocycles. The van der Waals surface area contributed by atoms with Gasteiger partial charge in [-0.3, -0.25) is 14.5 Å². The normalized spacial score (nSPS) is 23.8. The van der Waals surface area contributed by atoms with Gasteiger partial charge in [-0.25, -0.2) is 0 Å². The second-order valence-corrected chi connectivity index (χ2v) is 8.54. The van der Waals surface area contributed by atoms with E-state index in [1.54, 1.807) is 0 Å². The number of fused-ring (bicyclic) bond motifs is 1. The van der Waals surface area contributed by atoms with Gasteiger partial charge in [0.25, 0.3) is 0 Å². The average molecular weight is 377 g/mol. The van der Waals surface area contributed by atoms with E-state index < -0.39 is 0 Å². The van der Waals surface area contributed by atoms with Gasteiger partial charge in [-0.1, -0.05) is 19.1 Å². The van der Waals surface area contributed by atoms with Gasteiger partial charge in [0.1, 0.15) is 0 Å². The summed E-state index contributed by atoms with van der Waals surface area (Å²) in [4.78, 5) is 30.3. The van der Waals surface area contributed by atoms with Crippen molar-refractivity contribution in [3.63, 3.8) is 0 Å². The van der Waals surface area contributed by atoms with Crippen LogP contribution in [0.5, 0.6) is 0 Å². The van der Waals surface area contributed by atoms with E-state index in [-0.39, 0.29) is 17.8 Å². The summed E-state index contributed by atoms with van der Waals surface area (Å²) in [6, 6.07) is 8.16. The Kier molecular flexibility index (Phi) is 6.59. The molecule has 1 aromatic rings. The fourth-order valence-electron chi connectivity index (χ4n) is 3.67. The number of thioether (sulfide) groups is 1. The quantitative estimate of drug-likeness (QED) is 0.756. The molecular formula is C20H28N2O3S. The number of anilines is 1. The third-order valence-corrected chi connectivity index (χ3v) is 6.27. The first-order chi connectivity index (χ1) is 12.6. The molecule has 26 heavy (non-hydrogen) atoms. The Labute approximate surface area is 160 Å². The van der Waals surface area contributed by atoms with E-state index in [1.807, 2.05) is 41.8 Å². The van der Waals surface area contributed by atoms with Crippen LogP contribution in [0, 0.1) is 5.92 Å². The topological polar surface area (TPSA) is 49.9 Å². The monoisotopic (exact) mass is 376 g/mol. The molecule has 6 heteroatoms. The molecule has 1 fully saturated rings. The third kappa shape index (κ3) is 4.60. The van der Waals surface area contributed by atoms with Crippen LogP contribution in [0.25, 0.3) is 0 Å². The highest BCUT2D eigenvalue weighted by atomic mass is 32.2. The minimum absolute atomic E-state index is 0.108. The van der Waals surface area contributed by atoms with Crippen molar-refractivity contribution in [2.75, 3.05) is 37.7 Å². The molecule has 142 valence electrons. The van der Waals surface area contributed by atoms with E-state index in [2.05, 4.69) is 17.9 Å². The highest BCUT2D eigenvalue weighted by Gasteiger charge is 2.30. The number of likely N-dealkylation sites (tertiary alicyclic amines) is 1. The van der Waals surface area contributed by atoms with Crippen LogP contribution >= 0.6 is 11.8 Å². The van der Waals surface area contributed by atoms with Gasteiger partial charge in [0.05, 0.1) is 24.8 Å². The molecule has 0 radical (unpaired) electrons. The largest absolute Gasteiger partial charge is 0.466 e. The maximum Gasteiger partial charge on any atom is 0.310 e. The van der Waals surface area contributed by atoms with Crippen molar-refractivity contribution in [3.05, 3.63) is 24.3 Å². The standard InChI is InChI=1S/C20H28N2O3S/c1-3-25-20(24)16-7-6-11-21(13-16)14-19(23)22-12-10-15(2)26-18-9-5-4-8-17(18)22/h4-5,8-9,15-16H,3,6-7,10-14H2,1-2H3. The zero-order valence-electron chi connectivity index (χ0n) is 15.6. The summed E-state index contributed by atoms with van der Waals surface area (Å²) in [5.41, 5.74) is 1.02. The number of piperidine rings is 1. The van der Waals surface area contributed by atoms with Crippen LogP contribution in [-0.4, -0.2) is 54.8 Å². The van der Waals surface area contributed by atoms with E-state index >= 15 is 0 Å². The minimum atomic E-state index is -0.130. The van der Waals surface area contributed by atoms with Crippen molar-refractivity contribution >= 4 is 29.3 Å². The van der Waals surface area contributed by atoms with Gasteiger partial charge < -0.3 is 9.64 Å². The summed E-state index contributed by atoms with van der Waals surface area (Å²) < 4.78 is 5.16. The Balaban J connectivity index is 1.67. The highest BCUT2D eigenvalue weighted by molar-refractivity contribution is 8.00. The number of benzene rings is 1. The predicted molar refractivity (Wildman–Crippen MR) is 105 cm³/mol. The molecule has 0 bridgehead atoms. The van der Waals surface area contributed by atoms with Crippen LogP contribution in [0.3, 0.4) is 0 Å². The summed E-state index contributed by atoms with van der Waals surface area (Å²) in [6.45, 7) is 7.05. The van der Waals surface area contributed by atoms with Gasteiger partial charge in [-0.15, -0.1) is 11.8 Å². The summed E-state index contributed by atoms with van der Waals surface area (Å²) in [5.74, 6) is -0.116. The number of rotatable bonds is 4. The van der Waals surface area contributed by atoms with Crippen LogP contribution < -0.4 is 4.90 Å². The summed E-state index contributed by atoms with van der Waals surface area (Å²) in [7, 11) is 0. The number of para-hydroxylation sites is 1. The highest BCUT2D eigenvalue weighted by Crippen LogP contribution is 2.37. The number of nitrogens with zero attached hydrogens (tertiary/aromatic N) is 2. The molecule has 1 saturated heterocycles. The number of carbonyl (C=O) groups excluding carboxylic acids is 2. The second kappa shape index (κ2) is 8.91. The average Bonchev–Trinajstić information content (AvgIpc) is 2.80. The van der Waals surface area contributed by atoms with E-state index in [1.165, 1.54) is 4.90 Å². The molecule has 0 saturated carbocycles. The molecule has 2 unspecified atom stereocenters. The first-order valence-corrected chi connectivity index (χ1v) is 10.4. The van der Waals surface area contributed by atoms with Gasteiger partial charge in [-0.05, 0) is 44.9 Å². The lowest BCUT2D eigenvalue weighted by molar-refractivity contribution is -0.150.